The third-order valence-electron chi connectivity index (χ3n) is 7.52. The number of benzene rings is 2. The van der Waals surface area contributed by atoms with Crippen LogP contribution in [0, 0.1) is 10.1 Å². The van der Waals surface area contributed by atoms with E-state index in [4.69, 9.17) is 4.43 Å². The molecule has 1 fully saturated rings. The van der Waals surface area contributed by atoms with E-state index < -0.39 is 19.3 Å². The topological polar surface area (TPSA) is 87.9 Å². The molecule has 36 heavy (non-hydrogen) atoms. The van der Waals surface area contributed by atoms with Gasteiger partial charge in [0.15, 0.2) is 8.32 Å². The Hall–Kier alpha value is -1.78. The van der Waals surface area contributed by atoms with Gasteiger partial charge in [-0.1, -0.05) is 57.2 Å². The SMILES string of the molecule is CC(C)(C)[Si](C)(C)O[C@H]1CCCN(Cc2ccccc2)[C@@H]1CC(O)CNc1cccc(Br)c1[N+](=O)[O-]. The molecule has 1 aliphatic rings. The van der Waals surface area contributed by atoms with Crippen LogP contribution in [0.5, 0.6) is 0 Å². The third kappa shape index (κ3) is 7.38. The van der Waals surface area contributed by atoms with Crippen molar-refractivity contribution in [2.45, 2.75) is 83.0 Å². The first-order valence-electron chi connectivity index (χ1n) is 12.7. The molecule has 3 atom stereocenters. The van der Waals surface area contributed by atoms with Crippen LogP contribution in [-0.4, -0.2) is 54.6 Å². The van der Waals surface area contributed by atoms with Crippen LogP contribution in [0.1, 0.15) is 45.6 Å². The lowest BCUT2D eigenvalue weighted by atomic mass is 9.93. The second-order valence-corrected chi connectivity index (χ2v) is 16.9. The number of hydrogen-bond acceptors (Lipinski definition) is 6. The molecule has 7 nitrogen and oxygen atoms in total. The maximum absolute atomic E-state index is 11.5. The van der Waals surface area contributed by atoms with Crippen LogP contribution in [0.4, 0.5) is 11.4 Å². The third-order valence-corrected chi connectivity index (χ3v) is 12.7. The molecular formula is C27H40BrN3O4Si. The van der Waals surface area contributed by atoms with Gasteiger partial charge in [-0.2, -0.15) is 0 Å². The maximum Gasteiger partial charge on any atom is 0.306 e. The molecule has 198 valence electrons. The molecule has 1 aliphatic heterocycles. The van der Waals surface area contributed by atoms with E-state index in [1.165, 1.54) is 5.56 Å². The van der Waals surface area contributed by atoms with Crippen LogP contribution in [0.3, 0.4) is 0 Å². The molecule has 1 heterocycles. The Morgan fingerprint density at radius 1 is 1.22 bits per heavy atom. The molecule has 0 aliphatic carbocycles. The lowest BCUT2D eigenvalue weighted by Gasteiger charge is -2.47. The number of halogens is 1. The Bertz CT molecular complexity index is 1020. The smallest absolute Gasteiger partial charge is 0.306 e. The number of piperidine rings is 1. The van der Waals surface area contributed by atoms with Crippen LogP contribution in [-0.2, 0) is 11.0 Å². The number of nitro groups is 1. The van der Waals surface area contributed by atoms with Gasteiger partial charge >= 0.3 is 5.69 Å². The Morgan fingerprint density at radius 3 is 2.56 bits per heavy atom. The Labute approximate surface area is 224 Å². The van der Waals surface area contributed by atoms with E-state index in [1.807, 2.05) is 6.07 Å². The number of hydrogen-bond donors (Lipinski definition) is 2. The zero-order chi connectivity index (χ0) is 26.5. The molecule has 0 amide bonds. The minimum absolute atomic E-state index is 0.0211. The molecule has 0 spiro atoms. The van der Waals surface area contributed by atoms with Gasteiger partial charge in [0.05, 0.1) is 21.6 Å². The van der Waals surface area contributed by atoms with Gasteiger partial charge in [0.1, 0.15) is 5.69 Å². The van der Waals surface area contributed by atoms with Gasteiger partial charge in [0.25, 0.3) is 0 Å². The average molecular weight is 579 g/mol. The molecule has 0 saturated carbocycles. The molecule has 0 aromatic heterocycles. The standard InChI is InChI=1S/C27H40BrN3O4Si/c1-27(2,3)36(4,5)35-25-15-10-16-30(19-20-11-7-6-8-12-20)24(25)17-21(32)18-29-23-14-9-13-22(28)26(23)31(33)34/h6-9,11-14,21,24-25,29,32H,10,15-19H2,1-5H3/t21?,24-,25+/m1/s1. The molecule has 3 rings (SSSR count). The van der Waals surface area contributed by atoms with Crippen molar-refractivity contribution in [1.82, 2.24) is 4.90 Å². The number of para-hydroxylation sites is 1. The van der Waals surface area contributed by atoms with E-state index in [9.17, 15) is 15.2 Å². The molecule has 2 aromatic rings. The minimum Gasteiger partial charge on any atom is -0.412 e. The first-order chi connectivity index (χ1) is 16.9. The summed E-state index contributed by atoms with van der Waals surface area (Å²) in [6, 6.07) is 15.5. The predicted molar refractivity (Wildman–Crippen MR) is 152 cm³/mol. The summed E-state index contributed by atoms with van der Waals surface area (Å²) in [4.78, 5) is 13.6. The van der Waals surface area contributed by atoms with Crippen LogP contribution < -0.4 is 5.32 Å². The highest BCUT2D eigenvalue weighted by atomic mass is 79.9. The highest BCUT2D eigenvalue weighted by Gasteiger charge is 2.43. The van der Waals surface area contributed by atoms with Gasteiger partial charge in [0.2, 0.25) is 0 Å². The molecule has 1 saturated heterocycles. The largest absolute Gasteiger partial charge is 0.412 e. The normalized spacial score (nSPS) is 20.2. The highest BCUT2D eigenvalue weighted by molar-refractivity contribution is 9.10. The summed E-state index contributed by atoms with van der Waals surface area (Å²) in [5.74, 6) is 0. The summed E-state index contributed by atoms with van der Waals surface area (Å²) < 4.78 is 7.34. The van der Waals surface area contributed by atoms with Gasteiger partial charge in [-0.15, -0.1) is 0 Å². The number of likely N-dealkylation sites (tertiary alicyclic amines) is 1. The summed E-state index contributed by atoms with van der Waals surface area (Å²) in [6.07, 6.45) is 1.91. The van der Waals surface area contributed by atoms with Crippen LogP contribution in [0.15, 0.2) is 53.0 Å². The average Bonchev–Trinajstić information content (AvgIpc) is 2.79. The molecule has 9 heteroatoms. The van der Waals surface area contributed by atoms with Gasteiger partial charge in [0, 0.05) is 19.1 Å². The Kier molecular flexibility index (Phi) is 9.73. The fourth-order valence-electron chi connectivity index (χ4n) is 4.53. The van der Waals surface area contributed by atoms with Crippen LogP contribution >= 0.6 is 15.9 Å². The van der Waals surface area contributed by atoms with E-state index in [-0.39, 0.29) is 29.4 Å². The summed E-state index contributed by atoms with van der Waals surface area (Å²) in [7, 11) is -2.01. The monoisotopic (exact) mass is 577 g/mol. The van der Waals surface area contributed by atoms with Gasteiger partial charge in [-0.05, 0) is 77.6 Å². The first kappa shape index (κ1) is 28.8. The zero-order valence-corrected chi connectivity index (χ0v) is 24.6. The molecule has 2 aromatic carbocycles. The van der Waals surface area contributed by atoms with Crippen molar-refractivity contribution >= 4 is 35.6 Å². The first-order valence-corrected chi connectivity index (χ1v) is 16.4. The van der Waals surface area contributed by atoms with E-state index in [2.05, 4.69) is 84.3 Å². The second kappa shape index (κ2) is 12.2. The van der Waals surface area contributed by atoms with Crippen molar-refractivity contribution in [3.05, 3.63) is 68.7 Å². The number of anilines is 1. The minimum atomic E-state index is -2.01. The second-order valence-electron chi connectivity index (χ2n) is 11.2. The van der Waals surface area contributed by atoms with Crippen LogP contribution in [0.2, 0.25) is 18.1 Å². The summed E-state index contributed by atoms with van der Waals surface area (Å²) in [5, 5.41) is 25.8. The summed E-state index contributed by atoms with van der Waals surface area (Å²) in [5.41, 5.74) is 1.62. The number of nitrogens with zero attached hydrogens (tertiary/aromatic N) is 2. The predicted octanol–water partition coefficient (Wildman–Crippen LogP) is 6.58. The fourth-order valence-corrected chi connectivity index (χ4v) is 6.43. The summed E-state index contributed by atoms with van der Waals surface area (Å²) >= 11 is 3.26. The molecule has 1 unspecified atom stereocenters. The van der Waals surface area contributed by atoms with E-state index >= 15 is 0 Å². The van der Waals surface area contributed by atoms with Crippen molar-refractivity contribution in [3.8, 4) is 0 Å². The molecule has 2 N–H and O–H groups in total. The Morgan fingerprint density at radius 2 is 1.92 bits per heavy atom. The fraction of sp³-hybridized carbons (Fsp3) is 0.556. The lowest BCUT2D eigenvalue weighted by Crippen LogP contribution is -2.55. The van der Waals surface area contributed by atoms with Crippen molar-refractivity contribution in [2.75, 3.05) is 18.4 Å². The van der Waals surface area contributed by atoms with Crippen molar-refractivity contribution in [3.63, 3.8) is 0 Å². The van der Waals surface area contributed by atoms with Gasteiger partial charge in [-0.25, -0.2) is 0 Å². The number of rotatable bonds is 10. The van der Waals surface area contributed by atoms with E-state index in [0.29, 0.717) is 16.6 Å². The number of aliphatic hydroxyl groups excluding tert-OH is 1. The molecule has 0 radical (unpaired) electrons. The van der Waals surface area contributed by atoms with Crippen molar-refractivity contribution in [1.29, 1.82) is 0 Å². The van der Waals surface area contributed by atoms with Gasteiger partial charge < -0.3 is 14.8 Å². The van der Waals surface area contributed by atoms with Crippen molar-refractivity contribution in [2.24, 2.45) is 0 Å². The Balaban J connectivity index is 1.78. The molecule has 0 bridgehead atoms. The lowest BCUT2D eigenvalue weighted by molar-refractivity contribution is -0.384. The number of aliphatic hydroxyl groups is 1. The highest BCUT2D eigenvalue weighted by Crippen LogP contribution is 2.40. The maximum atomic E-state index is 11.5. The number of nitro benzene ring substituents is 1. The zero-order valence-electron chi connectivity index (χ0n) is 22.0. The van der Waals surface area contributed by atoms with Gasteiger partial charge in [-0.3, -0.25) is 15.0 Å². The van der Waals surface area contributed by atoms with E-state index in [0.717, 1.165) is 25.9 Å². The van der Waals surface area contributed by atoms with Crippen molar-refractivity contribution < 1.29 is 14.5 Å². The quantitative estimate of drug-likeness (QED) is 0.188. The van der Waals surface area contributed by atoms with Crippen LogP contribution in [0.25, 0.3) is 0 Å². The summed E-state index contributed by atoms with van der Waals surface area (Å²) in [6.45, 7) is 13.3. The number of nitrogens with one attached hydrogen (secondary N) is 1. The molecular weight excluding hydrogens is 538 g/mol. The van der Waals surface area contributed by atoms with E-state index in [1.54, 1.807) is 18.2 Å².